The third-order valence-electron chi connectivity index (χ3n) is 4.03. The second-order valence-electron chi connectivity index (χ2n) is 5.56. The highest BCUT2D eigenvalue weighted by molar-refractivity contribution is 6.33. The van der Waals surface area contributed by atoms with Crippen LogP contribution in [0.3, 0.4) is 0 Å². The van der Waals surface area contributed by atoms with E-state index in [2.05, 4.69) is 53.2 Å². The number of hydrogen-bond acceptors (Lipinski definition) is 3. The maximum atomic E-state index is 6.50. The highest BCUT2D eigenvalue weighted by Crippen LogP contribution is 2.40. The van der Waals surface area contributed by atoms with Gasteiger partial charge in [-0.15, -0.1) is 0 Å². The van der Waals surface area contributed by atoms with Gasteiger partial charge in [-0.25, -0.2) is 0 Å². The first-order chi connectivity index (χ1) is 10.1. The van der Waals surface area contributed by atoms with E-state index in [0.29, 0.717) is 0 Å². The summed E-state index contributed by atoms with van der Waals surface area (Å²) in [4.78, 5) is 4.55. The maximum Gasteiger partial charge on any atom is 0.0649 e. The molecule has 3 nitrogen and oxygen atoms in total. The van der Waals surface area contributed by atoms with Crippen LogP contribution in [-0.2, 0) is 0 Å². The number of para-hydroxylation sites is 2. The van der Waals surface area contributed by atoms with E-state index in [1.54, 1.807) is 0 Å². The number of nitrogens with zero attached hydrogens (tertiary/aromatic N) is 2. The van der Waals surface area contributed by atoms with Crippen LogP contribution < -0.4 is 15.5 Å². The molecule has 110 valence electrons. The van der Waals surface area contributed by atoms with Crippen molar-refractivity contribution in [1.29, 1.82) is 0 Å². The van der Waals surface area contributed by atoms with Crippen molar-refractivity contribution in [3.05, 3.63) is 53.1 Å². The van der Waals surface area contributed by atoms with Gasteiger partial charge in [-0.3, -0.25) is 0 Å². The average Bonchev–Trinajstić information content (AvgIpc) is 2.48. The van der Waals surface area contributed by atoms with Gasteiger partial charge >= 0.3 is 0 Å². The summed E-state index contributed by atoms with van der Waals surface area (Å²) in [7, 11) is 2.12. The number of hydrogen-bond donors (Lipinski definition) is 1. The van der Waals surface area contributed by atoms with E-state index in [0.717, 1.165) is 29.4 Å². The number of fused-ring (bicyclic) bond motifs is 1. The minimum atomic E-state index is -0.00340. The van der Waals surface area contributed by atoms with Crippen molar-refractivity contribution in [2.24, 2.45) is 5.73 Å². The molecule has 2 aromatic rings. The average molecular weight is 302 g/mol. The van der Waals surface area contributed by atoms with Gasteiger partial charge in [0.2, 0.25) is 0 Å². The first-order valence-corrected chi connectivity index (χ1v) is 7.58. The van der Waals surface area contributed by atoms with E-state index in [1.165, 1.54) is 11.4 Å². The number of likely N-dealkylation sites (N-methyl/N-ethyl adjacent to an activating group) is 1. The molecule has 1 unspecified atom stereocenters. The summed E-state index contributed by atoms with van der Waals surface area (Å²) in [6, 6.07) is 14.5. The fourth-order valence-electron chi connectivity index (χ4n) is 2.78. The van der Waals surface area contributed by atoms with Gasteiger partial charge in [0.25, 0.3) is 0 Å². The van der Waals surface area contributed by atoms with Gasteiger partial charge in [-0.1, -0.05) is 29.8 Å². The third kappa shape index (κ3) is 2.59. The van der Waals surface area contributed by atoms with Crippen molar-refractivity contribution in [3.63, 3.8) is 0 Å². The molecule has 3 rings (SSSR count). The lowest BCUT2D eigenvalue weighted by atomic mass is 10.1. The van der Waals surface area contributed by atoms with Crippen molar-refractivity contribution in [3.8, 4) is 0 Å². The first kappa shape index (κ1) is 14.2. The van der Waals surface area contributed by atoms with E-state index in [-0.39, 0.29) is 6.04 Å². The minimum Gasteiger partial charge on any atom is -0.371 e. The quantitative estimate of drug-likeness (QED) is 0.911. The highest BCUT2D eigenvalue weighted by Gasteiger charge is 2.22. The Kier molecular flexibility index (Phi) is 3.79. The van der Waals surface area contributed by atoms with E-state index in [4.69, 9.17) is 17.3 Å². The molecule has 1 atom stereocenters. The Labute approximate surface area is 130 Å². The summed E-state index contributed by atoms with van der Waals surface area (Å²) >= 11 is 6.50. The standard InChI is InChI=1S/C17H20ClN3/c1-12(19)13-7-8-15(14(18)11-13)21-10-9-20(2)16-5-3-4-6-17(16)21/h3-8,11-12H,9-10,19H2,1-2H3. The molecule has 2 aromatic carbocycles. The lowest BCUT2D eigenvalue weighted by molar-refractivity contribution is 0.811. The molecule has 0 fully saturated rings. The summed E-state index contributed by atoms with van der Waals surface area (Å²) in [6.07, 6.45) is 0. The molecule has 0 radical (unpaired) electrons. The second kappa shape index (κ2) is 5.58. The van der Waals surface area contributed by atoms with Crippen molar-refractivity contribution in [2.75, 3.05) is 29.9 Å². The lowest BCUT2D eigenvalue weighted by Gasteiger charge is -2.37. The van der Waals surface area contributed by atoms with Gasteiger partial charge in [-0.2, -0.15) is 0 Å². The Hall–Kier alpha value is -1.71. The Balaban J connectivity index is 2.04. The van der Waals surface area contributed by atoms with Gasteiger partial charge < -0.3 is 15.5 Å². The molecule has 0 aromatic heterocycles. The highest BCUT2D eigenvalue weighted by atomic mass is 35.5. The van der Waals surface area contributed by atoms with Crippen molar-refractivity contribution < 1.29 is 0 Å². The molecule has 1 aliphatic heterocycles. The molecular formula is C17H20ClN3. The fourth-order valence-corrected chi connectivity index (χ4v) is 3.07. The Morgan fingerprint density at radius 1 is 1.05 bits per heavy atom. The molecule has 0 aliphatic carbocycles. The Morgan fingerprint density at radius 3 is 2.43 bits per heavy atom. The normalized spacial score (nSPS) is 15.8. The number of nitrogens with two attached hydrogens (primary N) is 1. The molecule has 0 amide bonds. The molecule has 21 heavy (non-hydrogen) atoms. The topological polar surface area (TPSA) is 32.5 Å². The summed E-state index contributed by atoms with van der Waals surface area (Å²) in [6.45, 7) is 3.86. The minimum absolute atomic E-state index is 0.00340. The van der Waals surface area contributed by atoms with Crippen molar-refractivity contribution in [1.82, 2.24) is 0 Å². The lowest BCUT2D eigenvalue weighted by Crippen LogP contribution is -2.36. The molecular weight excluding hydrogens is 282 g/mol. The van der Waals surface area contributed by atoms with Gasteiger partial charge in [0.05, 0.1) is 22.1 Å². The molecule has 2 N–H and O–H groups in total. The summed E-state index contributed by atoms with van der Waals surface area (Å²) in [5.41, 5.74) is 10.5. The zero-order valence-electron chi connectivity index (χ0n) is 12.4. The summed E-state index contributed by atoms with van der Waals surface area (Å²) in [5.74, 6) is 0. The predicted molar refractivity (Wildman–Crippen MR) is 90.8 cm³/mol. The zero-order valence-corrected chi connectivity index (χ0v) is 13.1. The second-order valence-corrected chi connectivity index (χ2v) is 5.97. The molecule has 0 bridgehead atoms. The molecule has 1 aliphatic rings. The largest absolute Gasteiger partial charge is 0.371 e. The van der Waals surface area contributed by atoms with E-state index < -0.39 is 0 Å². The van der Waals surface area contributed by atoms with Crippen LogP contribution in [0.15, 0.2) is 42.5 Å². The monoisotopic (exact) mass is 301 g/mol. The van der Waals surface area contributed by atoms with Crippen LogP contribution in [0.5, 0.6) is 0 Å². The summed E-state index contributed by atoms with van der Waals surface area (Å²) < 4.78 is 0. The number of benzene rings is 2. The van der Waals surface area contributed by atoms with Gasteiger partial charge in [0.1, 0.15) is 0 Å². The van der Waals surface area contributed by atoms with Crippen LogP contribution in [-0.4, -0.2) is 20.1 Å². The zero-order chi connectivity index (χ0) is 15.0. The van der Waals surface area contributed by atoms with E-state index in [9.17, 15) is 0 Å². The van der Waals surface area contributed by atoms with Gasteiger partial charge in [0, 0.05) is 26.2 Å². The van der Waals surface area contributed by atoms with E-state index >= 15 is 0 Å². The van der Waals surface area contributed by atoms with Crippen LogP contribution in [0, 0.1) is 0 Å². The number of rotatable bonds is 2. The fraction of sp³-hybridized carbons (Fsp3) is 0.294. The molecule has 0 saturated heterocycles. The van der Waals surface area contributed by atoms with Crippen molar-refractivity contribution in [2.45, 2.75) is 13.0 Å². The Morgan fingerprint density at radius 2 is 1.76 bits per heavy atom. The van der Waals surface area contributed by atoms with Crippen LogP contribution in [0.1, 0.15) is 18.5 Å². The van der Waals surface area contributed by atoms with Crippen molar-refractivity contribution >= 4 is 28.7 Å². The smallest absolute Gasteiger partial charge is 0.0649 e. The molecule has 0 saturated carbocycles. The Bertz CT molecular complexity index is 654. The number of halogens is 1. The maximum absolute atomic E-state index is 6.50. The van der Waals surface area contributed by atoms with Crippen LogP contribution in [0.4, 0.5) is 17.1 Å². The van der Waals surface area contributed by atoms with Gasteiger partial charge in [0.15, 0.2) is 0 Å². The van der Waals surface area contributed by atoms with Crippen LogP contribution >= 0.6 is 11.6 Å². The molecule has 0 spiro atoms. The number of anilines is 3. The van der Waals surface area contributed by atoms with E-state index in [1.807, 2.05) is 13.0 Å². The predicted octanol–water partition coefficient (Wildman–Crippen LogP) is 3.95. The molecule has 1 heterocycles. The first-order valence-electron chi connectivity index (χ1n) is 7.20. The van der Waals surface area contributed by atoms with Crippen LogP contribution in [0.2, 0.25) is 5.02 Å². The molecule has 4 heteroatoms. The summed E-state index contributed by atoms with van der Waals surface area (Å²) in [5, 5.41) is 0.754. The SMILES string of the molecule is CC(N)c1ccc(N2CCN(C)c3ccccc32)c(Cl)c1. The third-order valence-corrected chi connectivity index (χ3v) is 4.33. The van der Waals surface area contributed by atoms with Crippen LogP contribution in [0.25, 0.3) is 0 Å². The van der Waals surface area contributed by atoms with Gasteiger partial charge in [-0.05, 0) is 36.8 Å².